The monoisotopic (exact) mass is 390 g/mol. The summed E-state index contributed by atoms with van der Waals surface area (Å²) in [6, 6.07) is 0. The molecule has 2 saturated carbocycles. The van der Waals surface area contributed by atoms with Crippen LogP contribution in [0.5, 0.6) is 0 Å². The molecule has 1 unspecified atom stereocenters. The van der Waals surface area contributed by atoms with E-state index in [9.17, 15) is 10.2 Å². The molecule has 3 aliphatic carbocycles. The molecule has 0 aromatic heterocycles. The van der Waals surface area contributed by atoms with Gasteiger partial charge in [0.15, 0.2) is 6.29 Å². The molecule has 2 saturated heterocycles. The molecular formula is C23H34O5. The summed E-state index contributed by atoms with van der Waals surface area (Å²) >= 11 is 0. The minimum atomic E-state index is -0.981. The Morgan fingerprint density at radius 2 is 1.93 bits per heavy atom. The quantitative estimate of drug-likeness (QED) is 0.674. The van der Waals surface area contributed by atoms with E-state index >= 15 is 0 Å². The van der Waals surface area contributed by atoms with E-state index < -0.39 is 23.4 Å². The molecule has 2 bridgehead atoms. The van der Waals surface area contributed by atoms with Gasteiger partial charge in [-0.15, -0.1) is 0 Å². The predicted molar refractivity (Wildman–Crippen MR) is 104 cm³/mol. The minimum absolute atomic E-state index is 0.105. The fraction of sp³-hybridized carbons (Fsp3) is 0.826. The molecule has 2 aliphatic heterocycles. The lowest BCUT2D eigenvalue weighted by atomic mass is 9.47. The van der Waals surface area contributed by atoms with Crippen LogP contribution in [0, 0.1) is 22.7 Å². The normalized spacial score (nSPS) is 54.6. The molecule has 4 fully saturated rings. The number of ether oxygens (including phenoxy) is 3. The predicted octanol–water partition coefficient (Wildman–Crippen LogP) is 2.96. The molecule has 2 N–H and O–H groups in total. The van der Waals surface area contributed by atoms with E-state index in [2.05, 4.69) is 27.4 Å². The molecular weight excluding hydrogens is 356 g/mol. The first-order valence-electron chi connectivity index (χ1n) is 10.8. The van der Waals surface area contributed by atoms with Crippen molar-refractivity contribution in [1.82, 2.24) is 0 Å². The van der Waals surface area contributed by atoms with Gasteiger partial charge in [-0.05, 0) is 49.3 Å². The number of hydrogen-bond acceptors (Lipinski definition) is 5. The Bertz CT molecular complexity index is 729. The molecule has 0 spiro atoms. The summed E-state index contributed by atoms with van der Waals surface area (Å²) in [5.41, 5.74) is 0.365. The molecule has 5 nitrogen and oxygen atoms in total. The lowest BCUT2D eigenvalue weighted by Crippen LogP contribution is -2.66. The van der Waals surface area contributed by atoms with Crippen LogP contribution in [0.4, 0.5) is 0 Å². The maximum Gasteiger partial charge on any atom is 0.177 e. The van der Waals surface area contributed by atoms with Gasteiger partial charge in [0.2, 0.25) is 0 Å². The van der Waals surface area contributed by atoms with Crippen LogP contribution in [0.2, 0.25) is 0 Å². The standard InChI is InChI=1S/C23H34O5/c1-6-17-27-19-18-12(2)15(24)10-23(25,21(18,3)4)9-14-13-11-26-16(13)7-8-22(14,5)20(19)28-17/h6,13-17,19-20,24-25H,1,7-11H2,2-5H3/t13-,14?,15-,16+,17+,19+,20+,22+,23-/m0/s1. The van der Waals surface area contributed by atoms with Crippen LogP contribution in [-0.4, -0.2) is 53.1 Å². The van der Waals surface area contributed by atoms with E-state index in [-0.39, 0.29) is 23.5 Å². The SMILES string of the molecule is C=C[C@@H]1O[C@@H]2C3=C(C)[C@@H](O)C[C@@](O)(CC4[C@@H]5CO[C@@H]5CC[C@@]4(C)[C@@H]2O1)C3(C)C. The number of aliphatic hydroxyl groups is 2. The van der Waals surface area contributed by atoms with Crippen molar-refractivity contribution in [3.05, 3.63) is 23.8 Å². The van der Waals surface area contributed by atoms with Crippen LogP contribution in [0.15, 0.2) is 23.8 Å². The largest absolute Gasteiger partial charge is 0.389 e. The molecule has 5 heteroatoms. The molecule has 5 rings (SSSR count). The summed E-state index contributed by atoms with van der Waals surface area (Å²) in [7, 11) is 0. The molecule has 9 atom stereocenters. The van der Waals surface area contributed by atoms with Gasteiger partial charge in [0.05, 0.1) is 30.5 Å². The van der Waals surface area contributed by atoms with E-state index in [4.69, 9.17) is 14.2 Å². The van der Waals surface area contributed by atoms with Gasteiger partial charge in [-0.2, -0.15) is 0 Å². The topological polar surface area (TPSA) is 68.2 Å². The molecule has 5 aliphatic rings. The molecule has 0 aromatic rings. The highest BCUT2D eigenvalue weighted by Gasteiger charge is 2.66. The van der Waals surface area contributed by atoms with E-state index in [1.54, 1.807) is 6.08 Å². The lowest BCUT2D eigenvalue weighted by molar-refractivity contribution is -0.236. The van der Waals surface area contributed by atoms with Gasteiger partial charge in [0.1, 0.15) is 6.10 Å². The van der Waals surface area contributed by atoms with Crippen molar-refractivity contribution >= 4 is 0 Å². The third-order valence-corrected chi connectivity index (χ3v) is 9.13. The van der Waals surface area contributed by atoms with E-state index in [1.807, 2.05) is 6.92 Å². The molecule has 0 amide bonds. The van der Waals surface area contributed by atoms with Crippen LogP contribution >= 0.6 is 0 Å². The maximum absolute atomic E-state index is 12.0. The van der Waals surface area contributed by atoms with Crippen LogP contribution in [0.3, 0.4) is 0 Å². The van der Waals surface area contributed by atoms with Crippen molar-refractivity contribution in [2.24, 2.45) is 22.7 Å². The van der Waals surface area contributed by atoms with E-state index in [0.717, 1.165) is 30.6 Å². The maximum atomic E-state index is 12.0. The summed E-state index contributed by atoms with van der Waals surface area (Å²) in [5.74, 6) is 0.715. The second-order valence-electron chi connectivity index (χ2n) is 10.6. The molecule has 0 radical (unpaired) electrons. The highest BCUT2D eigenvalue weighted by molar-refractivity contribution is 5.37. The van der Waals surface area contributed by atoms with Gasteiger partial charge in [-0.1, -0.05) is 27.4 Å². The van der Waals surface area contributed by atoms with Gasteiger partial charge >= 0.3 is 0 Å². The number of aliphatic hydroxyl groups excluding tert-OH is 1. The Hall–Kier alpha value is -0.720. The molecule has 156 valence electrons. The summed E-state index contributed by atoms with van der Waals surface area (Å²) in [6.07, 6.45) is 3.60. The Kier molecular flexibility index (Phi) is 4.07. The Balaban J connectivity index is 1.71. The lowest BCUT2D eigenvalue weighted by Gasteiger charge is -2.63. The zero-order valence-corrected chi connectivity index (χ0v) is 17.5. The summed E-state index contributed by atoms with van der Waals surface area (Å²) < 4.78 is 18.7. The van der Waals surface area contributed by atoms with E-state index in [0.29, 0.717) is 24.9 Å². The van der Waals surface area contributed by atoms with Crippen molar-refractivity contribution in [3.63, 3.8) is 0 Å². The van der Waals surface area contributed by atoms with Crippen molar-refractivity contribution in [2.45, 2.75) is 89.7 Å². The van der Waals surface area contributed by atoms with Crippen LogP contribution in [0.25, 0.3) is 0 Å². The molecule has 0 aromatic carbocycles. The zero-order chi connectivity index (χ0) is 20.1. The summed E-state index contributed by atoms with van der Waals surface area (Å²) in [6.45, 7) is 13.2. The summed E-state index contributed by atoms with van der Waals surface area (Å²) in [4.78, 5) is 0. The third-order valence-electron chi connectivity index (χ3n) is 9.13. The summed E-state index contributed by atoms with van der Waals surface area (Å²) in [5, 5.41) is 22.9. The first kappa shape index (κ1) is 19.3. The van der Waals surface area contributed by atoms with Crippen LogP contribution in [0.1, 0.15) is 53.4 Å². The van der Waals surface area contributed by atoms with E-state index in [1.165, 1.54) is 0 Å². The van der Waals surface area contributed by atoms with Crippen LogP contribution < -0.4 is 0 Å². The van der Waals surface area contributed by atoms with Crippen LogP contribution in [-0.2, 0) is 14.2 Å². The van der Waals surface area contributed by atoms with Crippen molar-refractivity contribution in [3.8, 4) is 0 Å². The first-order chi connectivity index (χ1) is 13.1. The Morgan fingerprint density at radius 3 is 2.57 bits per heavy atom. The fourth-order valence-electron chi connectivity index (χ4n) is 7.11. The van der Waals surface area contributed by atoms with Gasteiger partial charge in [-0.3, -0.25) is 0 Å². The number of rotatable bonds is 1. The first-order valence-corrected chi connectivity index (χ1v) is 10.8. The molecule has 28 heavy (non-hydrogen) atoms. The van der Waals surface area contributed by atoms with Gasteiger partial charge in [-0.25, -0.2) is 0 Å². The zero-order valence-electron chi connectivity index (χ0n) is 17.5. The highest BCUT2D eigenvalue weighted by atomic mass is 16.7. The van der Waals surface area contributed by atoms with Gasteiger partial charge < -0.3 is 24.4 Å². The average molecular weight is 391 g/mol. The van der Waals surface area contributed by atoms with Crippen molar-refractivity contribution < 1.29 is 24.4 Å². The van der Waals surface area contributed by atoms with Gasteiger partial charge in [0, 0.05) is 23.2 Å². The third kappa shape index (κ3) is 2.26. The Labute approximate surface area is 167 Å². The second-order valence-corrected chi connectivity index (χ2v) is 10.6. The minimum Gasteiger partial charge on any atom is -0.389 e. The fourth-order valence-corrected chi connectivity index (χ4v) is 7.11. The molecule has 2 heterocycles. The number of fused-ring (bicyclic) bond motifs is 8. The second kappa shape index (κ2) is 5.92. The Morgan fingerprint density at radius 1 is 1.18 bits per heavy atom. The van der Waals surface area contributed by atoms with Crippen molar-refractivity contribution in [1.29, 1.82) is 0 Å². The highest BCUT2D eigenvalue weighted by Crippen LogP contribution is 2.64. The average Bonchev–Trinajstić information content (AvgIpc) is 3.01. The van der Waals surface area contributed by atoms with Crippen molar-refractivity contribution in [2.75, 3.05) is 6.61 Å². The number of hydrogen-bond donors (Lipinski definition) is 2. The smallest absolute Gasteiger partial charge is 0.177 e. The van der Waals surface area contributed by atoms with Gasteiger partial charge in [0.25, 0.3) is 0 Å².